The van der Waals surface area contributed by atoms with E-state index in [0.29, 0.717) is 22.7 Å². The molecular formula is C19H19N3O5. The fourth-order valence-corrected chi connectivity index (χ4v) is 3.11. The van der Waals surface area contributed by atoms with Crippen LogP contribution < -0.4 is 10.3 Å². The highest BCUT2D eigenvalue weighted by atomic mass is 16.5. The van der Waals surface area contributed by atoms with Crippen molar-refractivity contribution >= 4 is 5.97 Å². The molecule has 3 aromatic rings. The lowest BCUT2D eigenvalue weighted by Gasteiger charge is -2.17. The quantitative estimate of drug-likeness (QED) is 0.528. The number of ether oxygens (including phenoxy) is 1. The van der Waals surface area contributed by atoms with Crippen LogP contribution in [0.5, 0.6) is 11.5 Å². The number of nitrogens with one attached hydrogen (secondary N) is 2. The van der Waals surface area contributed by atoms with Gasteiger partial charge in [-0.25, -0.2) is 0 Å². The highest BCUT2D eigenvalue weighted by Crippen LogP contribution is 2.36. The van der Waals surface area contributed by atoms with Crippen molar-refractivity contribution in [2.24, 2.45) is 0 Å². The summed E-state index contributed by atoms with van der Waals surface area (Å²) in [5, 5.41) is 26.6. The number of aryl methyl sites for hydroxylation is 1. The summed E-state index contributed by atoms with van der Waals surface area (Å²) in [7, 11) is 1.56. The molecule has 3 rings (SSSR count). The zero-order chi connectivity index (χ0) is 19.6. The van der Waals surface area contributed by atoms with E-state index in [9.17, 15) is 19.8 Å². The van der Waals surface area contributed by atoms with Crippen LogP contribution in [0.15, 0.2) is 41.3 Å². The smallest absolute Gasteiger partial charge is 0.304 e. The first kappa shape index (κ1) is 18.2. The van der Waals surface area contributed by atoms with Gasteiger partial charge in [0.05, 0.1) is 31.0 Å². The number of pyridine rings is 1. The molecule has 0 saturated carbocycles. The van der Waals surface area contributed by atoms with Crippen molar-refractivity contribution in [1.82, 2.24) is 15.2 Å². The van der Waals surface area contributed by atoms with E-state index in [-0.39, 0.29) is 17.7 Å². The number of carboxylic acid groups (broad SMARTS) is 1. The number of aromatic amines is 2. The highest BCUT2D eigenvalue weighted by Gasteiger charge is 2.28. The Hall–Kier alpha value is -3.55. The van der Waals surface area contributed by atoms with Gasteiger partial charge in [-0.2, -0.15) is 5.10 Å². The van der Waals surface area contributed by atoms with E-state index in [4.69, 9.17) is 4.74 Å². The van der Waals surface area contributed by atoms with Crippen LogP contribution in [0, 0.1) is 6.92 Å². The molecule has 4 N–H and O–H groups in total. The lowest BCUT2D eigenvalue weighted by atomic mass is 9.87. The minimum absolute atomic E-state index is 0.000776. The predicted octanol–water partition coefficient (Wildman–Crippen LogP) is 2.39. The molecule has 8 heteroatoms. The number of rotatable bonds is 6. The van der Waals surface area contributed by atoms with E-state index in [0.717, 1.165) is 5.56 Å². The SMILES string of the molecule is COc1ccc(-c2[nH]ncc2[C@H](CC(=O)O)c2c(O)cc(C)[nH]c2=O)cc1. The summed E-state index contributed by atoms with van der Waals surface area (Å²) in [6, 6.07) is 8.53. The summed E-state index contributed by atoms with van der Waals surface area (Å²) in [5.41, 5.74) is 1.79. The summed E-state index contributed by atoms with van der Waals surface area (Å²) >= 11 is 0. The molecule has 0 bridgehead atoms. The van der Waals surface area contributed by atoms with E-state index in [2.05, 4.69) is 15.2 Å². The van der Waals surface area contributed by atoms with Crippen LogP contribution in [-0.2, 0) is 4.79 Å². The van der Waals surface area contributed by atoms with E-state index in [1.54, 1.807) is 38.3 Å². The molecule has 0 aliphatic heterocycles. The van der Waals surface area contributed by atoms with Gasteiger partial charge in [0.1, 0.15) is 11.5 Å². The summed E-state index contributed by atoms with van der Waals surface area (Å²) in [4.78, 5) is 26.5. The molecule has 27 heavy (non-hydrogen) atoms. The van der Waals surface area contributed by atoms with Gasteiger partial charge < -0.3 is 19.9 Å². The lowest BCUT2D eigenvalue weighted by Crippen LogP contribution is -2.20. The van der Waals surface area contributed by atoms with E-state index >= 15 is 0 Å². The first-order valence-electron chi connectivity index (χ1n) is 8.23. The minimum atomic E-state index is -1.10. The number of nitrogens with zero attached hydrogens (tertiary/aromatic N) is 1. The molecule has 0 fully saturated rings. The van der Waals surface area contributed by atoms with E-state index < -0.39 is 17.4 Å². The maximum Gasteiger partial charge on any atom is 0.304 e. The molecule has 0 unspecified atom stereocenters. The monoisotopic (exact) mass is 369 g/mol. The lowest BCUT2D eigenvalue weighted by molar-refractivity contribution is -0.137. The molecule has 1 atom stereocenters. The number of H-pyrrole nitrogens is 2. The molecule has 0 radical (unpaired) electrons. The number of hydrogen-bond donors (Lipinski definition) is 4. The third-order valence-electron chi connectivity index (χ3n) is 4.33. The van der Waals surface area contributed by atoms with Crippen molar-refractivity contribution in [3.63, 3.8) is 0 Å². The Balaban J connectivity index is 2.14. The molecular weight excluding hydrogens is 350 g/mol. The Morgan fingerprint density at radius 3 is 2.59 bits per heavy atom. The number of benzene rings is 1. The molecule has 0 spiro atoms. The highest BCUT2D eigenvalue weighted by molar-refractivity contribution is 5.72. The Morgan fingerprint density at radius 1 is 1.30 bits per heavy atom. The van der Waals surface area contributed by atoms with Crippen molar-refractivity contribution in [2.45, 2.75) is 19.3 Å². The van der Waals surface area contributed by atoms with Gasteiger partial charge in [0.2, 0.25) is 0 Å². The molecule has 0 amide bonds. The van der Waals surface area contributed by atoms with Gasteiger partial charge in [-0.05, 0) is 37.3 Å². The molecule has 0 aliphatic carbocycles. The van der Waals surface area contributed by atoms with Gasteiger partial charge in [0.25, 0.3) is 5.56 Å². The second-order valence-corrected chi connectivity index (χ2v) is 6.16. The van der Waals surface area contributed by atoms with Crippen LogP contribution in [-0.4, -0.2) is 38.5 Å². The van der Waals surface area contributed by atoms with Crippen molar-refractivity contribution in [3.8, 4) is 22.8 Å². The first-order chi connectivity index (χ1) is 12.9. The number of aromatic nitrogens is 3. The maximum atomic E-state index is 12.5. The van der Waals surface area contributed by atoms with Crippen molar-refractivity contribution in [1.29, 1.82) is 0 Å². The van der Waals surface area contributed by atoms with Crippen LogP contribution in [0.25, 0.3) is 11.3 Å². The zero-order valence-corrected chi connectivity index (χ0v) is 14.8. The Kier molecular flexibility index (Phi) is 4.98. The molecule has 0 saturated heterocycles. The standard InChI is InChI=1S/C19H19N3O5/c1-10-7-15(23)17(19(26)21-10)13(8-16(24)25)14-9-20-22-18(14)11-3-5-12(27-2)6-4-11/h3-7,9,13H,8H2,1-2H3,(H,20,22)(H,24,25)(H2,21,23,26)/t13-/m0/s1. The van der Waals surface area contributed by atoms with Gasteiger partial charge in [-0.3, -0.25) is 14.7 Å². The Morgan fingerprint density at radius 2 is 2.00 bits per heavy atom. The fraction of sp³-hybridized carbons (Fsp3) is 0.211. The number of carbonyl (C=O) groups is 1. The maximum absolute atomic E-state index is 12.5. The first-order valence-corrected chi connectivity index (χ1v) is 8.23. The number of aromatic hydroxyl groups is 1. The number of methoxy groups -OCH3 is 1. The van der Waals surface area contributed by atoms with Crippen LogP contribution in [0.3, 0.4) is 0 Å². The normalized spacial score (nSPS) is 11.9. The van der Waals surface area contributed by atoms with Crippen LogP contribution >= 0.6 is 0 Å². The molecule has 140 valence electrons. The predicted molar refractivity (Wildman–Crippen MR) is 98.1 cm³/mol. The van der Waals surface area contributed by atoms with Crippen LogP contribution in [0.1, 0.15) is 29.2 Å². The second kappa shape index (κ2) is 7.36. The third kappa shape index (κ3) is 3.69. The Bertz CT molecular complexity index is 1020. The van der Waals surface area contributed by atoms with Gasteiger partial charge in [-0.15, -0.1) is 0 Å². The summed E-state index contributed by atoms with van der Waals surface area (Å²) in [6.07, 6.45) is 1.11. The largest absolute Gasteiger partial charge is 0.507 e. The molecule has 0 aliphatic rings. The average Bonchev–Trinajstić information content (AvgIpc) is 3.09. The second-order valence-electron chi connectivity index (χ2n) is 6.16. The topological polar surface area (TPSA) is 128 Å². The van der Waals surface area contributed by atoms with Crippen molar-refractivity contribution in [2.75, 3.05) is 7.11 Å². The van der Waals surface area contributed by atoms with Gasteiger partial charge in [0.15, 0.2) is 0 Å². The van der Waals surface area contributed by atoms with Crippen LogP contribution in [0.2, 0.25) is 0 Å². The number of carboxylic acids is 1. The fourth-order valence-electron chi connectivity index (χ4n) is 3.11. The van der Waals surface area contributed by atoms with E-state index in [1.807, 2.05) is 0 Å². The number of hydrogen-bond acceptors (Lipinski definition) is 5. The molecule has 1 aromatic carbocycles. The van der Waals surface area contributed by atoms with Gasteiger partial charge >= 0.3 is 5.97 Å². The average molecular weight is 369 g/mol. The van der Waals surface area contributed by atoms with Crippen molar-refractivity contribution in [3.05, 3.63) is 63.7 Å². The third-order valence-corrected chi connectivity index (χ3v) is 4.33. The summed E-state index contributed by atoms with van der Waals surface area (Å²) in [6.45, 7) is 1.64. The molecule has 8 nitrogen and oxygen atoms in total. The van der Waals surface area contributed by atoms with Crippen molar-refractivity contribution < 1.29 is 19.7 Å². The van der Waals surface area contributed by atoms with Gasteiger partial charge in [0, 0.05) is 22.7 Å². The minimum Gasteiger partial charge on any atom is -0.507 e. The summed E-state index contributed by atoms with van der Waals surface area (Å²) in [5.74, 6) is -1.54. The summed E-state index contributed by atoms with van der Waals surface area (Å²) < 4.78 is 5.15. The Labute approximate surface area is 154 Å². The van der Waals surface area contributed by atoms with Crippen LogP contribution in [0.4, 0.5) is 0 Å². The zero-order valence-electron chi connectivity index (χ0n) is 14.8. The van der Waals surface area contributed by atoms with E-state index in [1.165, 1.54) is 12.3 Å². The molecule has 2 aromatic heterocycles. The van der Waals surface area contributed by atoms with Gasteiger partial charge in [-0.1, -0.05) is 0 Å². The number of aliphatic carboxylic acids is 1. The molecule has 2 heterocycles.